The lowest BCUT2D eigenvalue weighted by molar-refractivity contribution is -0.0200. The Balaban J connectivity index is 1.59. The third-order valence-electron chi connectivity index (χ3n) is 4.96. The molecule has 1 aliphatic heterocycles. The zero-order valence-electron chi connectivity index (χ0n) is 15.5. The van der Waals surface area contributed by atoms with E-state index in [0.29, 0.717) is 37.5 Å². The van der Waals surface area contributed by atoms with Gasteiger partial charge < -0.3 is 15.3 Å². The number of aromatic nitrogens is 2. The number of amides is 2. The fourth-order valence-corrected chi connectivity index (χ4v) is 3.13. The van der Waals surface area contributed by atoms with Gasteiger partial charge in [-0.1, -0.05) is 26.0 Å². The number of urea groups is 1. The Hall–Kier alpha value is -2.98. The third-order valence-corrected chi connectivity index (χ3v) is 4.96. The van der Waals surface area contributed by atoms with Crippen LogP contribution in [0.4, 0.5) is 10.5 Å². The molecule has 1 aromatic carbocycles. The molecule has 140 valence electrons. The Morgan fingerprint density at radius 2 is 1.85 bits per heavy atom. The van der Waals surface area contributed by atoms with Crippen molar-refractivity contribution in [1.29, 1.82) is 5.26 Å². The largest absolute Gasteiger partial charge is 0.383 e. The lowest BCUT2D eigenvalue weighted by Gasteiger charge is -2.37. The maximum absolute atomic E-state index is 12.5. The van der Waals surface area contributed by atoms with E-state index < -0.39 is 5.60 Å². The molecule has 1 saturated heterocycles. The van der Waals surface area contributed by atoms with E-state index in [1.165, 1.54) is 5.56 Å². The molecule has 2 N–H and O–H groups in total. The minimum Gasteiger partial charge on any atom is -0.383 e. The standard InChI is InChI=1S/C20H23N5O2/c1-14(2)15-3-5-16(6-4-15)22-19(26)25-11-9-20(27,10-12-25)18-8-7-17(13-21)23-24-18/h3-8,14,27H,9-12H2,1-2H3,(H,22,26). The van der Waals surface area contributed by atoms with Gasteiger partial charge in [-0.2, -0.15) is 10.4 Å². The van der Waals surface area contributed by atoms with E-state index in [1.807, 2.05) is 30.3 Å². The molecule has 2 aromatic rings. The number of carbonyl (C=O) groups is 1. The summed E-state index contributed by atoms with van der Waals surface area (Å²) in [6, 6.07) is 12.7. The maximum atomic E-state index is 12.5. The van der Waals surface area contributed by atoms with Gasteiger partial charge in [-0.15, -0.1) is 5.10 Å². The normalized spacial score (nSPS) is 16.0. The Labute approximate surface area is 158 Å². The van der Waals surface area contributed by atoms with Gasteiger partial charge in [0.05, 0.1) is 5.69 Å². The summed E-state index contributed by atoms with van der Waals surface area (Å²) in [5.74, 6) is 0.444. The van der Waals surface area contributed by atoms with Crippen LogP contribution in [-0.2, 0) is 5.60 Å². The zero-order chi connectivity index (χ0) is 19.4. The van der Waals surface area contributed by atoms with E-state index in [4.69, 9.17) is 5.26 Å². The molecule has 0 unspecified atom stereocenters. The second kappa shape index (κ2) is 7.72. The number of carbonyl (C=O) groups excluding carboxylic acids is 1. The van der Waals surface area contributed by atoms with Crippen molar-refractivity contribution in [3.05, 3.63) is 53.3 Å². The van der Waals surface area contributed by atoms with Crippen molar-refractivity contribution in [2.24, 2.45) is 0 Å². The summed E-state index contributed by atoms with van der Waals surface area (Å²) in [6.07, 6.45) is 0.737. The van der Waals surface area contributed by atoms with E-state index >= 15 is 0 Å². The molecule has 7 heteroatoms. The molecule has 1 aliphatic rings. The predicted octanol–water partition coefficient (Wildman–Crippen LogP) is 2.99. The van der Waals surface area contributed by atoms with Crippen LogP contribution in [0.25, 0.3) is 0 Å². The summed E-state index contributed by atoms with van der Waals surface area (Å²) >= 11 is 0. The Bertz CT molecular complexity index is 832. The number of piperidine rings is 1. The first-order valence-electron chi connectivity index (χ1n) is 9.04. The van der Waals surface area contributed by atoms with E-state index in [1.54, 1.807) is 17.0 Å². The quantitative estimate of drug-likeness (QED) is 0.870. The number of benzene rings is 1. The zero-order valence-corrected chi connectivity index (χ0v) is 15.5. The second-order valence-corrected chi connectivity index (χ2v) is 7.14. The highest BCUT2D eigenvalue weighted by Crippen LogP contribution is 2.31. The average molecular weight is 365 g/mol. The molecule has 0 spiro atoms. The van der Waals surface area contributed by atoms with Crippen molar-refractivity contribution in [3.8, 4) is 6.07 Å². The first-order chi connectivity index (χ1) is 12.9. The summed E-state index contributed by atoms with van der Waals surface area (Å²) < 4.78 is 0. The first-order valence-corrected chi connectivity index (χ1v) is 9.04. The van der Waals surface area contributed by atoms with Gasteiger partial charge in [-0.3, -0.25) is 0 Å². The van der Waals surface area contributed by atoms with Gasteiger partial charge in [0, 0.05) is 18.8 Å². The summed E-state index contributed by atoms with van der Waals surface area (Å²) in [6.45, 7) is 5.07. The minimum atomic E-state index is -1.13. The molecule has 0 aliphatic carbocycles. The molecule has 0 radical (unpaired) electrons. The van der Waals surface area contributed by atoms with E-state index in [2.05, 4.69) is 29.4 Å². The van der Waals surface area contributed by atoms with Crippen LogP contribution in [0.1, 0.15) is 49.6 Å². The van der Waals surface area contributed by atoms with Gasteiger partial charge in [-0.25, -0.2) is 4.79 Å². The number of hydrogen-bond acceptors (Lipinski definition) is 5. The van der Waals surface area contributed by atoms with Crippen molar-refractivity contribution in [2.45, 2.75) is 38.2 Å². The van der Waals surface area contributed by atoms with Crippen LogP contribution in [0, 0.1) is 11.3 Å². The highest BCUT2D eigenvalue weighted by molar-refractivity contribution is 5.89. The molecule has 0 atom stereocenters. The monoisotopic (exact) mass is 365 g/mol. The summed E-state index contributed by atoms with van der Waals surface area (Å²) in [5, 5.41) is 30.3. The van der Waals surface area contributed by atoms with Crippen LogP contribution in [0.15, 0.2) is 36.4 Å². The fourth-order valence-electron chi connectivity index (χ4n) is 3.13. The van der Waals surface area contributed by atoms with E-state index in [-0.39, 0.29) is 11.7 Å². The van der Waals surface area contributed by atoms with Crippen LogP contribution in [0.3, 0.4) is 0 Å². The predicted molar refractivity (Wildman–Crippen MR) is 101 cm³/mol. The highest BCUT2D eigenvalue weighted by Gasteiger charge is 2.37. The van der Waals surface area contributed by atoms with Crippen LogP contribution < -0.4 is 5.32 Å². The Morgan fingerprint density at radius 1 is 1.19 bits per heavy atom. The molecular formula is C20H23N5O2. The lowest BCUT2D eigenvalue weighted by atomic mass is 9.88. The molecule has 7 nitrogen and oxygen atoms in total. The number of nitriles is 1. The van der Waals surface area contributed by atoms with Crippen LogP contribution in [-0.4, -0.2) is 39.3 Å². The molecule has 1 aromatic heterocycles. The van der Waals surface area contributed by atoms with Crippen LogP contribution in [0.2, 0.25) is 0 Å². The average Bonchev–Trinajstić information content (AvgIpc) is 2.69. The number of rotatable bonds is 3. The first kappa shape index (κ1) is 18.8. The van der Waals surface area contributed by atoms with Crippen molar-refractivity contribution < 1.29 is 9.90 Å². The van der Waals surface area contributed by atoms with Gasteiger partial charge in [0.1, 0.15) is 11.7 Å². The van der Waals surface area contributed by atoms with Crippen molar-refractivity contribution in [2.75, 3.05) is 18.4 Å². The molecule has 2 heterocycles. The van der Waals surface area contributed by atoms with Gasteiger partial charge in [-0.05, 0) is 48.6 Å². The number of anilines is 1. The lowest BCUT2D eigenvalue weighted by Crippen LogP contribution is -2.47. The minimum absolute atomic E-state index is 0.180. The Kier molecular flexibility index (Phi) is 5.38. The van der Waals surface area contributed by atoms with Crippen LogP contribution >= 0.6 is 0 Å². The third kappa shape index (κ3) is 4.23. The summed E-state index contributed by atoms with van der Waals surface area (Å²) in [4.78, 5) is 14.2. The van der Waals surface area contributed by atoms with E-state index in [0.717, 1.165) is 5.69 Å². The number of likely N-dealkylation sites (tertiary alicyclic amines) is 1. The van der Waals surface area contributed by atoms with Gasteiger partial charge in [0.15, 0.2) is 5.69 Å². The summed E-state index contributed by atoms with van der Waals surface area (Å²) in [5.41, 5.74) is 1.49. The maximum Gasteiger partial charge on any atom is 0.321 e. The topological polar surface area (TPSA) is 102 Å². The Morgan fingerprint density at radius 3 is 2.37 bits per heavy atom. The molecule has 2 amide bonds. The van der Waals surface area contributed by atoms with Crippen molar-refractivity contribution >= 4 is 11.7 Å². The number of nitrogens with zero attached hydrogens (tertiary/aromatic N) is 4. The second-order valence-electron chi connectivity index (χ2n) is 7.14. The van der Waals surface area contributed by atoms with Crippen molar-refractivity contribution in [1.82, 2.24) is 15.1 Å². The van der Waals surface area contributed by atoms with Gasteiger partial charge in [0.2, 0.25) is 0 Å². The van der Waals surface area contributed by atoms with Gasteiger partial charge >= 0.3 is 6.03 Å². The molecular weight excluding hydrogens is 342 g/mol. The molecule has 1 fully saturated rings. The highest BCUT2D eigenvalue weighted by atomic mass is 16.3. The van der Waals surface area contributed by atoms with Gasteiger partial charge in [0.25, 0.3) is 0 Å². The number of aliphatic hydroxyl groups is 1. The smallest absolute Gasteiger partial charge is 0.321 e. The molecule has 0 bridgehead atoms. The molecule has 27 heavy (non-hydrogen) atoms. The SMILES string of the molecule is CC(C)c1ccc(NC(=O)N2CCC(O)(c3ccc(C#N)nn3)CC2)cc1. The van der Waals surface area contributed by atoms with Crippen LogP contribution in [0.5, 0.6) is 0 Å². The van der Waals surface area contributed by atoms with Crippen molar-refractivity contribution in [3.63, 3.8) is 0 Å². The molecule has 0 saturated carbocycles. The number of hydrogen-bond donors (Lipinski definition) is 2. The number of nitrogens with one attached hydrogen (secondary N) is 1. The van der Waals surface area contributed by atoms with E-state index in [9.17, 15) is 9.90 Å². The summed E-state index contributed by atoms with van der Waals surface area (Å²) in [7, 11) is 0. The fraction of sp³-hybridized carbons (Fsp3) is 0.400. The molecule has 3 rings (SSSR count).